The molecule has 1 saturated heterocycles. The molecule has 1 aliphatic heterocycles. The largest absolute Gasteiger partial charge is 0.477 e. The maximum Gasteiger partial charge on any atom is 0.410 e. The molecule has 2 amide bonds. The normalized spacial score (nSPS) is 18.1. The highest BCUT2D eigenvalue weighted by molar-refractivity contribution is 7.90. The number of carbonyl (C=O) groups is 2. The number of amides is 2. The molecule has 0 spiro atoms. The monoisotopic (exact) mass is 783 g/mol. The van der Waals surface area contributed by atoms with Crippen LogP contribution in [0.3, 0.4) is 0 Å². The summed E-state index contributed by atoms with van der Waals surface area (Å²) in [5, 5.41) is 7.01. The van der Waals surface area contributed by atoms with Crippen molar-refractivity contribution in [2.24, 2.45) is 11.3 Å². The molecule has 0 aromatic carbocycles. The highest BCUT2D eigenvalue weighted by Gasteiger charge is 2.62. The molecule has 0 bridgehead atoms. The van der Waals surface area contributed by atoms with E-state index in [-0.39, 0.29) is 64.8 Å². The van der Waals surface area contributed by atoms with Gasteiger partial charge in [0.2, 0.25) is 5.88 Å². The summed E-state index contributed by atoms with van der Waals surface area (Å²) in [7, 11) is -4.31. The summed E-state index contributed by atoms with van der Waals surface area (Å²) in [4.78, 5) is 35.5. The van der Waals surface area contributed by atoms with Crippen LogP contribution in [-0.4, -0.2) is 82.1 Å². The van der Waals surface area contributed by atoms with E-state index in [1.165, 1.54) is 41.2 Å². The van der Waals surface area contributed by atoms with Crippen molar-refractivity contribution in [2.75, 3.05) is 25.0 Å². The first kappa shape index (κ1) is 40.1. The molecule has 1 saturated carbocycles. The number of hydrogen-bond acceptors (Lipinski definition) is 10. The molecule has 5 rings (SSSR count). The van der Waals surface area contributed by atoms with Gasteiger partial charge in [-0.2, -0.15) is 13.2 Å². The van der Waals surface area contributed by atoms with Crippen molar-refractivity contribution >= 4 is 39.4 Å². The van der Waals surface area contributed by atoms with Gasteiger partial charge in [-0.05, 0) is 103 Å². The molecule has 1 unspecified atom stereocenters. The van der Waals surface area contributed by atoms with Gasteiger partial charge in [0.1, 0.15) is 21.5 Å². The Hall–Kier alpha value is -4.12. The fourth-order valence-corrected chi connectivity index (χ4v) is 7.43. The summed E-state index contributed by atoms with van der Waals surface area (Å²) in [5.74, 6) is 0.0725. The van der Waals surface area contributed by atoms with Gasteiger partial charge < -0.3 is 19.7 Å². The molecule has 2 N–H and O–H groups in total. The van der Waals surface area contributed by atoms with Gasteiger partial charge in [0, 0.05) is 37.1 Å². The van der Waals surface area contributed by atoms with Gasteiger partial charge in [-0.1, -0.05) is 18.0 Å². The maximum atomic E-state index is 13.1. The molecule has 2 fully saturated rings. The number of ether oxygens (including phenoxy) is 2. The van der Waals surface area contributed by atoms with E-state index in [1.807, 2.05) is 30.4 Å². The van der Waals surface area contributed by atoms with E-state index in [0.29, 0.717) is 24.8 Å². The van der Waals surface area contributed by atoms with E-state index in [9.17, 15) is 31.2 Å². The Balaban J connectivity index is 1.06. The minimum atomic E-state index is -4.31. The summed E-state index contributed by atoms with van der Waals surface area (Å²) in [6.45, 7) is 10.8. The summed E-state index contributed by atoms with van der Waals surface area (Å²) in [5.41, 5.74) is -2.72. The minimum absolute atomic E-state index is 0.0841. The summed E-state index contributed by atoms with van der Waals surface area (Å²) >= 11 is 6.23. The number of aromatic nitrogens is 4. The van der Waals surface area contributed by atoms with Crippen molar-refractivity contribution in [3.05, 3.63) is 53.4 Å². The van der Waals surface area contributed by atoms with Crippen LogP contribution in [0.15, 0.2) is 47.6 Å². The Bertz CT molecular complexity index is 1890. The van der Waals surface area contributed by atoms with Crippen LogP contribution in [-0.2, 0) is 14.8 Å². The number of anilines is 1. The Morgan fingerprint density at radius 1 is 1.08 bits per heavy atom. The van der Waals surface area contributed by atoms with E-state index in [2.05, 4.69) is 34.2 Å². The molecule has 3 aromatic heterocycles. The molecular formula is C35H45ClF3N7O6S. The number of likely N-dealkylation sites (tertiary alicyclic amines) is 1. The molecule has 13 nitrogen and oxygen atoms in total. The van der Waals surface area contributed by atoms with Gasteiger partial charge in [0.05, 0.1) is 17.6 Å². The van der Waals surface area contributed by atoms with Gasteiger partial charge in [-0.15, -0.1) is 5.10 Å². The lowest BCUT2D eigenvalue weighted by Gasteiger charge is -2.33. The Morgan fingerprint density at radius 2 is 1.81 bits per heavy atom. The van der Waals surface area contributed by atoms with Crippen LogP contribution in [0.5, 0.6) is 5.88 Å². The summed E-state index contributed by atoms with van der Waals surface area (Å²) < 4.78 is 79.6. The van der Waals surface area contributed by atoms with E-state index in [1.54, 1.807) is 0 Å². The molecule has 1 atom stereocenters. The van der Waals surface area contributed by atoms with Crippen LogP contribution in [0.25, 0.3) is 5.82 Å². The van der Waals surface area contributed by atoms with Crippen molar-refractivity contribution in [1.29, 1.82) is 0 Å². The van der Waals surface area contributed by atoms with Crippen LogP contribution in [0.2, 0.25) is 5.15 Å². The lowest BCUT2D eigenvalue weighted by Crippen LogP contribution is -2.45. The number of alkyl halides is 3. The van der Waals surface area contributed by atoms with Crippen LogP contribution in [0, 0.1) is 11.3 Å². The molecule has 2 aliphatic rings. The van der Waals surface area contributed by atoms with Crippen molar-refractivity contribution in [3.63, 3.8) is 0 Å². The number of rotatable bonds is 14. The molecular weight excluding hydrogens is 739 g/mol. The average Bonchev–Trinajstić information content (AvgIpc) is 3.59. The number of unbranched alkanes of at least 4 members (excludes halogenated alkanes) is 1. The predicted octanol–water partition coefficient (Wildman–Crippen LogP) is 7.16. The molecule has 290 valence electrons. The van der Waals surface area contributed by atoms with Crippen molar-refractivity contribution in [1.82, 2.24) is 29.4 Å². The second-order valence-electron chi connectivity index (χ2n) is 15.2. The van der Waals surface area contributed by atoms with Crippen molar-refractivity contribution < 1.29 is 40.7 Å². The van der Waals surface area contributed by atoms with E-state index >= 15 is 0 Å². The number of pyridine rings is 2. The number of halogens is 4. The SMILES string of the molecule is CC(C)(C)OC(=O)N1CC(CCCCNc2ccc(S(=O)(=O)NC(=O)c3ccc(-n4ccc(OCCC5(C(F)(F)F)CC5)n4)nc3Cl)cn2)CC1(C)C. The topological polar surface area (TPSA) is 158 Å². The predicted molar refractivity (Wildman–Crippen MR) is 191 cm³/mol. The highest BCUT2D eigenvalue weighted by Crippen LogP contribution is 2.59. The third-order valence-corrected chi connectivity index (χ3v) is 11.0. The third-order valence-electron chi connectivity index (χ3n) is 9.36. The molecule has 1 aliphatic carbocycles. The highest BCUT2D eigenvalue weighted by atomic mass is 35.5. The molecule has 53 heavy (non-hydrogen) atoms. The van der Waals surface area contributed by atoms with Gasteiger partial charge in [0.25, 0.3) is 15.9 Å². The van der Waals surface area contributed by atoms with Crippen LogP contribution in [0.4, 0.5) is 23.8 Å². The van der Waals surface area contributed by atoms with Crippen LogP contribution < -0.4 is 14.8 Å². The Labute approximate surface area is 312 Å². The van der Waals surface area contributed by atoms with Gasteiger partial charge in [0.15, 0.2) is 5.82 Å². The molecule has 18 heteroatoms. The molecule has 0 radical (unpaired) electrons. The first-order valence-corrected chi connectivity index (χ1v) is 19.2. The van der Waals surface area contributed by atoms with Crippen LogP contribution in [0.1, 0.15) is 89.9 Å². The fourth-order valence-electron chi connectivity index (χ4n) is 6.28. The van der Waals surface area contributed by atoms with E-state index in [0.717, 1.165) is 31.9 Å². The third kappa shape index (κ3) is 10.1. The number of nitrogens with zero attached hydrogens (tertiary/aromatic N) is 5. The summed E-state index contributed by atoms with van der Waals surface area (Å²) in [6, 6.07) is 6.93. The number of nitrogens with one attached hydrogen (secondary N) is 2. The standard InChI is InChI=1S/C35H45ClF3N7O6S/c1-32(2,3)52-31(48)45-22-23(20-33(45,4)5)8-6-7-17-40-26-11-9-24(21-41-26)53(49,50)44-30(47)25-10-12-27(42-29(25)36)46-18-13-28(43-46)51-19-16-34(14-15-34)35(37,38)39/h9-13,18,21,23H,6-8,14-17,19-20,22H2,1-5H3,(H,40,41)(H,44,47). The smallest absolute Gasteiger partial charge is 0.410 e. The second-order valence-corrected chi connectivity index (χ2v) is 17.2. The lowest BCUT2D eigenvalue weighted by atomic mass is 9.93. The van der Waals surface area contributed by atoms with E-state index < -0.39 is 33.1 Å². The average molecular weight is 784 g/mol. The van der Waals surface area contributed by atoms with E-state index in [4.69, 9.17) is 21.1 Å². The Kier molecular flexibility index (Phi) is 11.6. The minimum Gasteiger partial charge on any atom is -0.477 e. The fraction of sp³-hybridized carbons (Fsp3) is 0.571. The van der Waals surface area contributed by atoms with Crippen molar-refractivity contribution in [2.45, 2.75) is 102 Å². The van der Waals surface area contributed by atoms with Gasteiger partial charge in [-0.3, -0.25) is 4.79 Å². The zero-order valence-electron chi connectivity index (χ0n) is 30.3. The van der Waals surface area contributed by atoms with Gasteiger partial charge >= 0.3 is 12.3 Å². The zero-order valence-corrected chi connectivity index (χ0v) is 31.9. The maximum absolute atomic E-state index is 13.1. The second kappa shape index (κ2) is 15.3. The van der Waals surface area contributed by atoms with Crippen molar-refractivity contribution in [3.8, 4) is 11.7 Å². The zero-order chi connectivity index (χ0) is 38.8. The molecule has 3 aromatic rings. The number of hydrogen-bond donors (Lipinski definition) is 2. The number of carbonyl (C=O) groups excluding carboxylic acids is 2. The number of sulfonamides is 1. The first-order valence-electron chi connectivity index (χ1n) is 17.4. The van der Waals surface area contributed by atoms with Gasteiger partial charge in [-0.25, -0.2) is 32.6 Å². The van der Waals surface area contributed by atoms with Crippen LogP contribution >= 0.6 is 11.6 Å². The first-order chi connectivity index (χ1) is 24.7. The summed E-state index contributed by atoms with van der Waals surface area (Å²) in [6.07, 6.45) is 1.66. The quantitative estimate of drug-likeness (QED) is 0.127. The Morgan fingerprint density at radius 3 is 2.43 bits per heavy atom. The molecule has 4 heterocycles. The lowest BCUT2D eigenvalue weighted by molar-refractivity contribution is -0.190.